The number of rotatable bonds is 8. The van der Waals surface area contributed by atoms with Crippen molar-refractivity contribution in [2.24, 2.45) is 0 Å². The maximum atomic E-state index is 12.0. The normalized spacial score (nSPS) is 11.4. The molecule has 0 aliphatic rings. The van der Waals surface area contributed by atoms with Gasteiger partial charge in [0, 0.05) is 6.54 Å². The van der Waals surface area contributed by atoms with Crippen LogP contribution in [-0.2, 0) is 27.2 Å². The van der Waals surface area contributed by atoms with Crippen molar-refractivity contribution in [3.8, 4) is 11.5 Å². The largest absolute Gasteiger partial charge is 0.508 e. The molecular weight excluding hydrogens is 352 g/mol. The summed E-state index contributed by atoms with van der Waals surface area (Å²) in [5.74, 6) is -2.03. The zero-order valence-electron chi connectivity index (χ0n) is 14.4. The molecule has 0 saturated heterocycles. The number of hydrogen-bond donors (Lipinski definition) is 5. The van der Waals surface area contributed by atoms with Gasteiger partial charge in [-0.1, -0.05) is 24.3 Å². The van der Waals surface area contributed by atoms with E-state index in [1.807, 2.05) is 0 Å². The predicted octanol–water partition coefficient (Wildman–Crippen LogP) is 0.569. The Morgan fingerprint density at radius 3 is 1.67 bits per heavy atom. The summed E-state index contributed by atoms with van der Waals surface area (Å²) in [7, 11) is 0. The molecule has 0 aliphatic heterocycles. The highest BCUT2D eigenvalue weighted by atomic mass is 16.4. The van der Waals surface area contributed by atoms with Crippen molar-refractivity contribution in [2.45, 2.75) is 18.9 Å². The molecule has 0 bridgehead atoms. The van der Waals surface area contributed by atoms with Crippen molar-refractivity contribution in [2.75, 3.05) is 6.54 Å². The van der Waals surface area contributed by atoms with Gasteiger partial charge in [-0.25, -0.2) is 4.79 Å². The lowest BCUT2D eigenvalue weighted by Crippen LogP contribution is -2.49. The van der Waals surface area contributed by atoms with Crippen molar-refractivity contribution < 1.29 is 29.7 Å². The molecule has 8 nitrogen and oxygen atoms in total. The van der Waals surface area contributed by atoms with Gasteiger partial charge in [0.25, 0.3) is 0 Å². The number of nitrogens with one attached hydrogen (secondary N) is 2. The fourth-order valence-corrected chi connectivity index (χ4v) is 2.32. The lowest BCUT2D eigenvalue weighted by atomic mass is 10.1. The molecule has 0 fully saturated rings. The van der Waals surface area contributed by atoms with Gasteiger partial charge in [0.05, 0.1) is 12.8 Å². The number of carbonyl (C=O) groups is 3. The molecule has 0 saturated carbocycles. The van der Waals surface area contributed by atoms with Crippen LogP contribution in [0.4, 0.5) is 0 Å². The third-order valence-corrected chi connectivity index (χ3v) is 3.74. The molecule has 2 rings (SSSR count). The minimum Gasteiger partial charge on any atom is -0.508 e. The minimum absolute atomic E-state index is 0.0219. The molecule has 0 unspecified atom stereocenters. The minimum atomic E-state index is -1.27. The molecule has 8 heteroatoms. The van der Waals surface area contributed by atoms with Crippen LogP contribution >= 0.6 is 0 Å². The van der Waals surface area contributed by atoms with Gasteiger partial charge in [-0.05, 0) is 35.4 Å². The van der Waals surface area contributed by atoms with E-state index in [4.69, 9.17) is 0 Å². The molecule has 27 heavy (non-hydrogen) atoms. The van der Waals surface area contributed by atoms with E-state index in [1.165, 1.54) is 24.3 Å². The second-order valence-corrected chi connectivity index (χ2v) is 5.95. The van der Waals surface area contributed by atoms with Gasteiger partial charge in [-0.2, -0.15) is 0 Å². The van der Waals surface area contributed by atoms with Gasteiger partial charge < -0.3 is 26.0 Å². The van der Waals surface area contributed by atoms with Gasteiger partial charge in [-0.15, -0.1) is 0 Å². The summed E-state index contributed by atoms with van der Waals surface area (Å²) in [4.78, 5) is 35.3. The maximum Gasteiger partial charge on any atom is 0.328 e. The Balaban J connectivity index is 1.84. The van der Waals surface area contributed by atoms with E-state index in [9.17, 15) is 29.7 Å². The topological polar surface area (TPSA) is 136 Å². The van der Waals surface area contributed by atoms with Crippen LogP contribution in [0.2, 0.25) is 0 Å². The van der Waals surface area contributed by atoms with Gasteiger partial charge >= 0.3 is 5.97 Å². The first-order valence-electron chi connectivity index (χ1n) is 8.18. The van der Waals surface area contributed by atoms with Crippen LogP contribution in [0.3, 0.4) is 0 Å². The molecule has 1 atom stereocenters. The van der Waals surface area contributed by atoms with E-state index >= 15 is 0 Å². The van der Waals surface area contributed by atoms with Crippen LogP contribution in [0, 0.1) is 0 Å². The van der Waals surface area contributed by atoms with Crippen LogP contribution in [0.15, 0.2) is 48.5 Å². The van der Waals surface area contributed by atoms with Crippen LogP contribution in [0.25, 0.3) is 0 Å². The third kappa shape index (κ3) is 6.69. The number of carboxylic acids is 1. The number of carbonyl (C=O) groups excluding carboxylic acids is 2. The summed E-state index contributed by atoms with van der Waals surface area (Å²) in [6.45, 7) is -0.256. The van der Waals surface area contributed by atoms with Crippen molar-refractivity contribution in [3.05, 3.63) is 59.7 Å². The van der Waals surface area contributed by atoms with E-state index in [0.717, 1.165) is 0 Å². The number of aromatic hydroxyl groups is 2. The first kappa shape index (κ1) is 19.8. The summed E-state index contributed by atoms with van der Waals surface area (Å²) < 4.78 is 0. The summed E-state index contributed by atoms with van der Waals surface area (Å²) in [6.07, 6.45) is -0.0282. The molecule has 0 aliphatic carbocycles. The smallest absolute Gasteiger partial charge is 0.328 e. The van der Waals surface area contributed by atoms with Gasteiger partial charge in [0.1, 0.15) is 17.5 Å². The molecule has 0 spiro atoms. The first-order chi connectivity index (χ1) is 12.8. The molecule has 142 valence electrons. The fraction of sp³-hybridized carbons (Fsp3) is 0.211. The van der Waals surface area contributed by atoms with E-state index in [-0.39, 0.29) is 30.9 Å². The number of carboxylic acid groups (broad SMARTS) is 1. The highest BCUT2D eigenvalue weighted by molar-refractivity contribution is 5.86. The Kier molecular flexibility index (Phi) is 6.76. The lowest BCUT2D eigenvalue weighted by molar-refractivity contribution is -0.141. The number of phenolic OH excluding ortho intramolecular Hbond substituents is 2. The molecular formula is C19H20N2O6. The van der Waals surface area contributed by atoms with Crippen molar-refractivity contribution in [3.63, 3.8) is 0 Å². The monoisotopic (exact) mass is 372 g/mol. The Bertz CT molecular complexity index is 802. The number of amides is 2. The molecule has 2 amide bonds. The Morgan fingerprint density at radius 1 is 0.778 bits per heavy atom. The quantitative estimate of drug-likeness (QED) is 0.460. The zero-order chi connectivity index (χ0) is 19.8. The molecule has 2 aromatic carbocycles. The average Bonchev–Trinajstić information content (AvgIpc) is 2.62. The van der Waals surface area contributed by atoms with Crippen LogP contribution in [0.1, 0.15) is 11.1 Å². The SMILES string of the molecule is O=C(Cc1ccc(O)cc1)NC[C@H](NC(=O)Cc1ccc(O)cc1)C(=O)O. The number of hydrogen-bond acceptors (Lipinski definition) is 5. The molecule has 0 aromatic heterocycles. The maximum absolute atomic E-state index is 12.0. The Morgan fingerprint density at radius 2 is 1.22 bits per heavy atom. The molecule has 2 aromatic rings. The standard InChI is InChI=1S/C19H20N2O6/c22-14-5-1-12(2-6-14)9-17(24)20-11-16(19(26)27)21-18(25)10-13-3-7-15(23)8-4-13/h1-8,16,22-23H,9-11H2,(H,20,24)(H,21,25)(H,26,27)/t16-/m0/s1. The predicted molar refractivity (Wildman–Crippen MR) is 96.2 cm³/mol. The first-order valence-corrected chi connectivity index (χ1v) is 8.18. The second-order valence-electron chi connectivity index (χ2n) is 5.95. The van der Waals surface area contributed by atoms with Crippen molar-refractivity contribution in [1.82, 2.24) is 10.6 Å². The summed E-state index contributed by atoms with van der Waals surface area (Å²) in [5.41, 5.74) is 1.28. The van der Waals surface area contributed by atoms with Crippen LogP contribution in [0.5, 0.6) is 11.5 Å². The Labute approximate surface area is 155 Å². The summed E-state index contributed by atoms with van der Waals surface area (Å²) in [5, 5.41) is 32.5. The average molecular weight is 372 g/mol. The third-order valence-electron chi connectivity index (χ3n) is 3.74. The zero-order valence-corrected chi connectivity index (χ0v) is 14.4. The molecule has 0 heterocycles. The van der Waals surface area contributed by atoms with Gasteiger partial charge in [0.15, 0.2) is 0 Å². The van der Waals surface area contributed by atoms with Gasteiger partial charge in [-0.3, -0.25) is 9.59 Å². The highest BCUT2D eigenvalue weighted by Gasteiger charge is 2.20. The van der Waals surface area contributed by atoms with Crippen LogP contribution < -0.4 is 10.6 Å². The molecule has 5 N–H and O–H groups in total. The summed E-state index contributed by atoms with van der Waals surface area (Å²) >= 11 is 0. The van der Waals surface area contributed by atoms with Gasteiger partial charge in [0.2, 0.25) is 11.8 Å². The second kappa shape index (κ2) is 9.23. The lowest BCUT2D eigenvalue weighted by Gasteiger charge is -2.15. The van der Waals surface area contributed by atoms with E-state index in [2.05, 4.69) is 10.6 Å². The van der Waals surface area contributed by atoms with E-state index in [0.29, 0.717) is 11.1 Å². The Hall–Kier alpha value is -3.55. The number of phenols is 2. The molecule has 0 radical (unpaired) electrons. The fourth-order valence-electron chi connectivity index (χ4n) is 2.32. The number of aliphatic carboxylic acids is 1. The van der Waals surface area contributed by atoms with Crippen LogP contribution in [-0.4, -0.2) is 45.7 Å². The van der Waals surface area contributed by atoms with E-state index < -0.39 is 23.8 Å². The van der Waals surface area contributed by atoms with Crippen molar-refractivity contribution in [1.29, 1.82) is 0 Å². The highest BCUT2D eigenvalue weighted by Crippen LogP contribution is 2.11. The van der Waals surface area contributed by atoms with Crippen molar-refractivity contribution >= 4 is 17.8 Å². The number of benzene rings is 2. The summed E-state index contributed by atoms with van der Waals surface area (Å²) in [6, 6.07) is 10.8. The van der Waals surface area contributed by atoms with E-state index in [1.54, 1.807) is 24.3 Å².